The van der Waals surface area contributed by atoms with Crippen LogP contribution in [0.1, 0.15) is 283 Å². The molecule has 0 aliphatic carbocycles. The normalized spacial score (nSPS) is 12.8. The molecule has 54 heavy (non-hydrogen) atoms. The number of rotatable bonds is 45. The minimum atomic E-state index is 1.21. The van der Waals surface area contributed by atoms with Crippen molar-refractivity contribution in [2.24, 2.45) is 0 Å². The van der Waals surface area contributed by atoms with Crippen LogP contribution in [0, 0.1) is 0 Å². The third kappa shape index (κ3) is 36.8. The molecular weight excluding hydrogens is 651 g/mol. The fourth-order valence-electron chi connectivity index (χ4n) is 8.97. The highest BCUT2D eigenvalue weighted by Crippen LogP contribution is 2.20. The summed E-state index contributed by atoms with van der Waals surface area (Å²) in [7, 11) is 2.55. The molecule has 1 rings (SSSR count). The van der Waals surface area contributed by atoms with Gasteiger partial charge in [0.1, 0.15) is 6.54 Å². The van der Waals surface area contributed by atoms with E-state index in [9.17, 15) is 0 Å². The number of unbranched alkanes of at least 4 members (excludes halogenated alkanes) is 39. The van der Waals surface area contributed by atoms with Crippen LogP contribution in [0.2, 0.25) is 0 Å². The first-order chi connectivity index (χ1) is 26.7. The molecule has 0 N–H and O–H groups in total. The average molecular weight is 753 g/mol. The number of hydrogen-bond acceptors (Lipinski definition) is 0. The highest BCUT2D eigenvalue weighted by Gasteiger charge is 2.21. The Bertz CT molecular complexity index is 818. The maximum absolute atomic E-state index is 2.55. The van der Waals surface area contributed by atoms with E-state index in [-0.39, 0.29) is 0 Å². The maximum atomic E-state index is 2.55. The Morgan fingerprint density at radius 1 is 0.278 bits per heavy atom. The van der Waals surface area contributed by atoms with Gasteiger partial charge in [0.05, 0.1) is 20.1 Å². The summed E-state index contributed by atoms with van der Waals surface area (Å²) in [4.78, 5) is 0. The molecule has 0 spiro atoms. The molecule has 1 heteroatoms. The SMILES string of the molecule is CCCCCCCCCCCCCCCCCCCCCCC[N+](C)(CCCCCCCCCCCCCCCCCCCCCC)Cc1ccccc1. The van der Waals surface area contributed by atoms with Gasteiger partial charge < -0.3 is 4.48 Å². The zero-order valence-corrected chi connectivity index (χ0v) is 37.9. The van der Waals surface area contributed by atoms with E-state index in [4.69, 9.17) is 0 Å². The molecule has 0 amide bonds. The Labute approximate surface area is 343 Å². The van der Waals surface area contributed by atoms with Gasteiger partial charge in [0.25, 0.3) is 0 Å². The molecule has 0 fully saturated rings. The monoisotopic (exact) mass is 753 g/mol. The van der Waals surface area contributed by atoms with Gasteiger partial charge in [0, 0.05) is 5.56 Å². The molecule has 0 radical (unpaired) electrons. The lowest BCUT2D eigenvalue weighted by molar-refractivity contribution is -0.923. The lowest BCUT2D eigenvalue weighted by atomic mass is 10.0. The zero-order chi connectivity index (χ0) is 38.7. The maximum Gasteiger partial charge on any atom is 0.104 e. The largest absolute Gasteiger partial charge is 0.322 e. The van der Waals surface area contributed by atoms with Gasteiger partial charge in [0.2, 0.25) is 0 Å². The third-order valence-electron chi connectivity index (χ3n) is 12.8. The summed E-state index contributed by atoms with van der Waals surface area (Å²) < 4.78 is 1.24. The smallest absolute Gasteiger partial charge is 0.104 e. The van der Waals surface area contributed by atoms with E-state index in [1.807, 2.05) is 0 Å². The van der Waals surface area contributed by atoms with Crippen molar-refractivity contribution in [2.75, 3.05) is 20.1 Å². The predicted octanol–water partition coefficient (Wildman–Crippen LogP) is 18.7. The molecule has 0 bridgehead atoms. The first-order valence-electron chi connectivity index (χ1n) is 25.6. The van der Waals surface area contributed by atoms with Crippen molar-refractivity contribution in [2.45, 2.75) is 284 Å². The van der Waals surface area contributed by atoms with Crippen molar-refractivity contribution in [1.82, 2.24) is 0 Å². The lowest BCUT2D eigenvalue weighted by Gasteiger charge is -2.35. The van der Waals surface area contributed by atoms with Crippen LogP contribution in [-0.4, -0.2) is 24.6 Å². The predicted molar refractivity (Wildman–Crippen MR) is 247 cm³/mol. The Hall–Kier alpha value is -0.820. The standard InChI is InChI=1S/C53H102N/c1-4-6-8-10-12-14-16-18-20-22-24-26-28-30-32-34-36-38-40-42-47-51-54(3,52-53-48-44-43-45-49-53)50-46-41-39-37-35-33-31-29-27-25-23-21-19-17-15-13-11-9-7-5-2/h43-45,48-49H,4-42,46-47,50-52H2,1-3H3/q+1. The summed E-state index contributed by atoms with van der Waals surface area (Å²) >= 11 is 0. The van der Waals surface area contributed by atoms with E-state index >= 15 is 0 Å². The Morgan fingerprint density at radius 2 is 0.481 bits per heavy atom. The van der Waals surface area contributed by atoms with Crippen LogP contribution in [0.5, 0.6) is 0 Å². The molecular formula is C53H102N+. The van der Waals surface area contributed by atoms with Crippen LogP contribution in [0.15, 0.2) is 30.3 Å². The minimum absolute atomic E-state index is 1.21. The first-order valence-corrected chi connectivity index (χ1v) is 25.6. The molecule has 1 aromatic rings. The number of quaternary nitrogens is 1. The van der Waals surface area contributed by atoms with Gasteiger partial charge >= 0.3 is 0 Å². The number of hydrogen-bond donors (Lipinski definition) is 0. The average Bonchev–Trinajstić information content (AvgIpc) is 3.18. The Balaban J connectivity index is 1.97. The zero-order valence-electron chi connectivity index (χ0n) is 37.9. The van der Waals surface area contributed by atoms with Crippen molar-refractivity contribution in [1.29, 1.82) is 0 Å². The fraction of sp³-hybridized carbons (Fsp3) is 0.887. The van der Waals surface area contributed by atoms with Crippen molar-refractivity contribution in [3.8, 4) is 0 Å². The summed E-state index contributed by atoms with van der Waals surface area (Å²) in [6.45, 7) is 8.54. The number of benzene rings is 1. The molecule has 0 aromatic heterocycles. The van der Waals surface area contributed by atoms with Crippen LogP contribution in [0.4, 0.5) is 0 Å². The van der Waals surface area contributed by atoms with Crippen LogP contribution >= 0.6 is 0 Å². The van der Waals surface area contributed by atoms with E-state index in [0.29, 0.717) is 0 Å². The van der Waals surface area contributed by atoms with E-state index in [0.717, 1.165) is 0 Å². The summed E-state index contributed by atoms with van der Waals surface area (Å²) in [5.74, 6) is 0. The van der Waals surface area contributed by atoms with Gasteiger partial charge in [-0.25, -0.2) is 0 Å². The lowest BCUT2D eigenvalue weighted by Crippen LogP contribution is -2.44. The van der Waals surface area contributed by atoms with E-state index in [1.165, 1.54) is 293 Å². The summed E-state index contributed by atoms with van der Waals surface area (Å²) in [6.07, 6.45) is 60.0. The van der Waals surface area contributed by atoms with Gasteiger partial charge in [-0.05, 0) is 25.7 Å². The quantitative estimate of drug-likeness (QED) is 0.0460. The van der Waals surface area contributed by atoms with E-state index in [1.54, 1.807) is 0 Å². The molecule has 0 heterocycles. The summed E-state index contributed by atoms with van der Waals surface area (Å²) in [5.41, 5.74) is 1.52. The topological polar surface area (TPSA) is 0 Å². The van der Waals surface area contributed by atoms with Crippen molar-refractivity contribution in [3.05, 3.63) is 35.9 Å². The molecule has 1 aromatic carbocycles. The van der Waals surface area contributed by atoms with Crippen LogP contribution in [0.3, 0.4) is 0 Å². The molecule has 318 valence electrons. The third-order valence-corrected chi connectivity index (χ3v) is 12.8. The second-order valence-electron chi connectivity index (χ2n) is 18.5. The molecule has 1 atom stereocenters. The Morgan fingerprint density at radius 3 is 0.704 bits per heavy atom. The molecule has 0 saturated heterocycles. The van der Waals surface area contributed by atoms with Gasteiger partial charge in [0.15, 0.2) is 0 Å². The van der Waals surface area contributed by atoms with Crippen molar-refractivity contribution in [3.63, 3.8) is 0 Å². The summed E-state index contributed by atoms with van der Waals surface area (Å²) in [5, 5.41) is 0. The van der Waals surface area contributed by atoms with Gasteiger partial charge in [-0.1, -0.05) is 282 Å². The van der Waals surface area contributed by atoms with Gasteiger partial charge in [-0.15, -0.1) is 0 Å². The van der Waals surface area contributed by atoms with Gasteiger partial charge in [-0.2, -0.15) is 0 Å². The second kappa shape index (κ2) is 41.8. The highest BCUT2D eigenvalue weighted by molar-refractivity contribution is 5.13. The Kier molecular flexibility index (Phi) is 39.6. The molecule has 0 aliphatic heterocycles. The number of nitrogens with zero attached hydrogens (tertiary/aromatic N) is 1. The second-order valence-corrected chi connectivity index (χ2v) is 18.5. The molecule has 1 unspecified atom stereocenters. The minimum Gasteiger partial charge on any atom is -0.322 e. The van der Waals surface area contributed by atoms with Crippen LogP contribution < -0.4 is 0 Å². The first kappa shape index (κ1) is 51.2. The van der Waals surface area contributed by atoms with Crippen LogP contribution in [0.25, 0.3) is 0 Å². The molecule has 0 aliphatic rings. The summed E-state index contributed by atoms with van der Waals surface area (Å²) in [6, 6.07) is 11.3. The van der Waals surface area contributed by atoms with Crippen molar-refractivity contribution < 1.29 is 4.48 Å². The highest BCUT2D eigenvalue weighted by atomic mass is 15.3. The fourth-order valence-corrected chi connectivity index (χ4v) is 8.97. The van der Waals surface area contributed by atoms with Gasteiger partial charge in [-0.3, -0.25) is 0 Å². The van der Waals surface area contributed by atoms with Crippen LogP contribution in [-0.2, 0) is 6.54 Å². The molecule has 1 nitrogen and oxygen atoms in total. The molecule has 0 saturated carbocycles. The van der Waals surface area contributed by atoms with E-state index in [2.05, 4.69) is 51.2 Å². The van der Waals surface area contributed by atoms with Crippen molar-refractivity contribution >= 4 is 0 Å². The van der Waals surface area contributed by atoms with E-state index < -0.39 is 0 Å².